The average Bonchev–Trinajstić information content (AvgIpc) is 3.81. The third-order valence-electron chi connectivity index (χ3n) is 10.8. The van der Waals surface area contributed by atoms with E-state index in [1.807, 2.05) is 30.3 Å². The molecule has 0 radical (unpaired) electrons. The number of hydrogen-bond donors (Lipinski definition) is 3. The minimum Gasteiger partial charge on any atom is -0.497 e. The second kappa shape index (κ2) is 18.4. The van der Waals surface area contributed by atoms with E-state index in [0.29, 0.717) is 59.1 Å². The van der Waals surface area contributed by atoms with Crippen LogP contribution in [0.1, 0.15) is 61.9 Å². The molecule has 0 aromatic heterocycles. The Balaban J connectivity index is 1.29. The number of carboxylic acids is 1. The molecule has 1 saturated carbocycles. The molecule has 0 bridgehead atoms. The summed E-state index contributed by atoms with van der Waals surface area (Å²) in [5, 5.41) is 16.2. The van der Waals surface area contributed by atoms with Gasteiger partial charge in [-0.2, -0.15) is 0 Å². The molecular weight excluding hydrogens is 748 g/mol. The van der Waals surface area contributed by atoms with Crippen LogP contribution in [0.5, 0.6) is 11.5 Å². The van der Waals surface area contributed by atoms with Gasteiger partial charge in [0.1, 0.15) is 29.7 Å². The normalized spacial score (nSPS) is 17.8. The number of carboxylic acid groups (broad SMARTS) is 1. The summed E-state index contributed by atoms with van der Waals surface area (Å²) in [7, 11) is 1.57. The summed E-state index contributed by atoms with van der Waals surface area (Å²) in [6.45, 7) is 1.44. The molecule has 2 aliphatic rings. The number of hydrogen-bond acceptors (Lipinski definition) is 7. The van der Waals surface area contributed by atoms with Gasteiger partial charge in [-0.15, -0.1) is 0 Å². The molecule has 12 nitrogen and oxygen atoms in total. The van der Waals surface area contributed by atoms with Crippen LogP contribution in [0.15, 0.2) is 103 Å². The van der Waals surface area contributed by atoms with Gasteiger partial charge >= 0.3 is 5.97 Å². The van der Waals surface area contributed by atoms with Gasteiger partial charge in [0.2, 0.25) is 11.8 Å². The maximum Gasteiger partial charge on any atom is 0.326 e. The number of amides is 4. The van der Waals surface area contributed by atoms with E-state index in [9.17, 15) is 29.1 Å². The molecule has 3 unspecified atom stereocenters. The lowest BCUT2D eigenvalue weighted by Crippen LogP contribution is -2.49. The number of nitrogens with zero attached hydrogens (tertiary/aromatic N) is 2. The topological polar surface area (TPSA) is 155 Å². The van der Waals surface area contributed by atoms with Gasteiger partial charge in [0.25, 0.3) is 11.8 Å². The Hall–Kier alpha value is -5.88. The molecule has 0 spiro atoms. The van der Waals surface area contributed by atoms with Crippen molar-refractivity contribution >= 4 is 46.9 Å². The highest BCUT2D eigenvalue weighted by Gasteiger charge is 2.50. The van der Waals surface area contributed by atoms with Crippen LogP contribution < -0.4 is 25.0 Å². The van der Waals surface area contributed by atoms with Crippen LogP contribution in [0.3, 0.4) is 0 Å². The highest BCUT2D eigenvalue weighted by Crippen LogP contribution is 2.42. The molecule has 3 N–H and O–H groups in total. The predicted octanol–water partition coefficient (Wildman–Crippen LogP) is 6.11. The van der Waals surface area contributed by atoms with E-state index < -0.39 is 35.5 Å². The molecule has 1 aliphatic heterocycles. The Labute approximate surface area is 337 Å². The number of ether oxygens (including phenoxy) is 2. The van der Waals surface area contributed by atoms with Crippen molar-refractivity contribution in [2.45, 2.75) is 70.1 Å². The summed E-state index contributed by atoms with van der Waals surface area (Å²) in [6.07, 6.45) is 2.71. The van der Waals surface area contributed by atoms with Gasteiger partial charge in [0.05, 0.1) is 12.5 Å². The summed E-state index contributed by atoms with van der Waals surface area (Å²) >= 11 is 6.29. The van der Waals surface area contributed by atoms with Crippen molar-refractivity contribution in [3.63, 3.8) is 0 Å². The van der Waals surface area contributed by atoms with Gasteiger partial charge in [0.15, 0.2) is 6.61 Å². The number of carbonyl (C=O) groups is 5. The van der Waals surface area contributed by atoms with E-state index in [2.05, 4.69) is 10.6 Å². The molecule has 298 valence electrons. The Kier molecular flexibility index (Phi) is 13.1. The van der Waals surface area contributed by atoms with E-state index in [-0.39, 0.29) is 37.2 Å². The maximum absolute atomic E-state index is 14.7. The Morgan fingerprint density at radius 1 is 0.877 bits per heavy atom. The quantitative estimate of drug-likeness (QED) is 0.123. The van der Waals surface area contributed by atoms with Crippen molar-refractivity contribution in [1.29, 1.82) is 0 Å². The summed E-state index contributed by atoms with van der Waals surface area (Å²) in [5.74, 6) is -1.23. The van der Waals surface area contributed by atoms with Crippen LogP contribution >= 0.6 is 11.6 Å². The highest BCUT2D eigenvalue weighted by molar-refractivity contribution is 6.30. The molecule has 1 heterocycles. The Morgan fingerprint density at radius 2 is 1.53 bits per heavy atom. The number of carbonyl (C=O) groups excluding carboxylic acids is 4. The number of benzene rings is 4. The molecule has 57 heavy (non-hydrogen) atoms. The lowest BCUT2D eigenvalue weighted by Gasteiger charge is -2.32. The summed E-state index contributed by atoms with van der Waals surface area (Å²) < 4.78 is 11.2. The third kappa shape index (κ3) is 9.75. The fourth-order valence-corrected chi connectivity index (χ4v) is 7.91. The van der Waals surface area contributed by atoms with Gasteiger partial charge < -0.3 is 30.1 Å². The van der Waals surface area contributed by atoms with Crippen molar-refractivity contribution < 1.29 is 38.6 Å². The van der Waals surface area contributed by atoms with Gasteiger partial charge in [0, 0.05) is 37.0 Å². The van der Waals surface area contributed by atoms with E-state index in [0.717, 1.165) is 18.4 Å². The third-order valence-corrected chi connectivity index (χ3v) is 11.0. The number of para-hydroxylation sites is 1. The Bertz CT molecular complexity index is 2040. The number of halogens is 1. The zero-order valence-electron chi connectivity index (χ0n) is 32.0. The van der Waals surface area contributed by atoms with Gasteiger partial charge in [-0.05, 0) is 84.5 Å². The van der Waals surface area contributed by atoms with E-state index in [4.69, 9.17) is 21.1 Å². The second-order valence-electron chi connectivity index (χ2n) is 14.6. The van der Waals surface area contributed by atoms with Gasteiger partial charge in [-0.3, -0.25) is 24.1 Å². The molecule has 3 atom stereocenters. The number of anilines is 1. The van der Waals surface area contributed by atoms with Crippen LogP contribution in [-0.4, -0.2) is 71.9 Å². The summed E-state index contributed by atoms with van der Waals surface area (Å²) in [6, 6.07) is 28.1. The van der Waals surface area contributed by atoms with E-state index in [1.54, 1.807) is 89.7 Å². The zero-order chi connectivity index (χ0) is 40.5. The van der Waals surface area contributed by atoms with Crippen molar-refractivity contribution in [2.75, 3.05) is 25.2 Å². The van der Waals surface area contributed by atoms with Crippen molar-refractivity contribution in [1.82, 2.24) is 15.5 Å². The lowest BCUT2D eigenvalue weighted by atomic mass is 9.81. The second-order valence-corrected chi connectivity index (χ2v) is 15.0. The van der Waals surface area contributed by atoms with Crippen molar-refractivity contribution in [2.24, 2.45) is 5.41 Å². The largest absolute Gasteiger partial charge is 0.497 e. The highest BCUT2D eigenvalue weighted by atomic mass is 35.5. The van der Waals surface area contributed by atoms with Crippen molar-refractivity contribution in [3.8, 4) is 11.5 Å². The van der Waals surface area contributed by atoms with Gasteiger partial charge in [-0.1, -0.05) is 79.0 Å². The number of nitrogens with one attached hydrogen (secondary N) is 2. The molecule has 4 aromatic carbocycles. The number of rotatable bonds is 16. The Morgan fingerprint density at radius 3 is 2.14 bits per heavy atom. The van der Waals surface area contributed by atoms with Gasteiger partial charge in [-0.25, -0.2) is 4.79 Å². The number of aliphatic carboxylic acids is 1. The van der Waals surface area contributed by atoms with E-state index >= 15 is 0 Å². The van der Waals surface area contributed by atoms with Crippen LogP contribution in [0.25, 0.3) is 0 Å². The standard InChI is InChI=1S/C44H47ClN4O8/c1-29(50)46-25-24-44(22-6-7-23-44)43(55)47-37(42(53)54)26-30-10-18-34(19-11-30)48-40(32-14-16-33(45)17-15-32)49(39(51)28-57-36-8-4-3-5-9-36)38(41(48)52)27-31-12-20-35(56-2)21-13-31/h3-5,8-21,37-38,40H,6-7,22-28H2,1-2H3,(H,46,50)(H,47,55)(H,53,54). The number of methoxy groups -OCH3 is 1. The summed E-state index contributed by atoms with van der Waals surface area (Å²) in [5.41, 5.74) is 1.83. The monoisotopic (exact) mass is 794 g/mol. The minimum absolute atomic E-state index is 0.000775. The lowest BCUT2D eigenvalue weighted by molar-refractivity contribution is -0.144. The first kappa shape index (κ1) is 40.8. The predicted molar refractivity (Wildman–Crippen MR) is 215 cm³/mol. The fourth-order valence-electron chi connectivity index (χ4n) is 7.78. The average molecular weight is 795 g/mol. The minimum atomic E-state index is -1.21. The maximum atomic E-state index is 14.7. The van der Waals surface area contributed by atoms with E-state index in [1.165, 1.54) is 6.92 Å². The summed E-state index contributed by atoms with van der Waals surface area (Å²) in [4.78, 5) is 69.7. The fraction of sp³-hybridized carbons (Fsp3) is 0.341. The van der Waals surface area contributed by atoms with Crippen LogP contribution in [0.2, 0.25) is 5.02 Å². The molecule has 2 fully saturated rings. The molecule has 4 aromatic rings. The van der Waals surface area contributed by atoms with Crippen molar-refractivity contribution in [3.05, 3.63) is 125 Å². The molecule has 6 rings (SSSR count). The smallest absolute Gasteiger partial charge is 0.326 e. The van der Waals surface area contributed by atoms with Crippen LogP contribution in [0.4, 0.5) is 5.69 Å². The van der Waals surface area contributed by atoms with Crippen LogP contribution in [-0.2, 0) is 36.8 Å². The zero-order valence-corrected chi connectivity index (χ0v) is 32.7. The first-order chi connectivity index (χ1) is 27.5. The first-order valence-electron chi connectivity index (χ1n) is 19.1. The first-order valence-corrected chi connectivity index (χ1v) is 19.4. The molecule has 4 amide bonds. The van der Waals surface area contributed by atoms with Crippen LogP contribution in [0, 0.1) is 5.41 Å². The molecular formula is C44H47ClN4O8. The molecule has 13 heteroatoms. The SMILES string of the molecule is COc1ccc(CC2C(=O)N(c3ccc(CC(NC(=O)C4(CCNC(C)=O)CCCC4)C(=O)O)cc3)C(c3ccc(Cl)cc3)N2C(=O)COc2ccccc2)cc1. The molecule has 1 aliphatic carbocycles. The molecule has 1 saturated heterocycles.